The standard InChI is InChI=1S/C21H25ClN5O8P/c1-21(25-26-23)18(29)16(33-19(21)27-11-10-17(28)24-20(27)30)12-32-36(31,34-13-6-2-3-7-13)35-15-9-5-4-8-14(15)22/h4-5,8-11,13,16,18-19,29H,2-3,6-7,12H2,1H3,(H,24,28,30)/t16-,18-,19-,21-,36?/m1/s1. The number of aliphatic hydroxyl groups is 1. The van der Waals surface area contributed by atoms with Crippen molar-refractivity contribution in [3.63, 3.8) is 0 Å². The second-order valence-corrected chi connectivity index (χ2v) is 10.6. The highest BCUT2D eigenvalue weighted by molar-refractivity contribution is 7.49. The Labute approximate surface area is 210 Å². The van der Waals surface area contributed by atoms with Gasteiger partial charge in [-0.05, 0) is 37.4 Å². The highest BCUT2D eigenvalue weighted by Crippen LogP contribution is 2.54. The molecule has 194 valence electrons. The maximum absolute atomic E-state index is 13.6. The first kappa shape index (κ1) is 26.4. The first-order valence-corrected chi connectivity index (χ1v) is 13.1. The van der Waals surface area contributed by atoms with E-state index in [1.54, 1.807) is 18.2 Å². The molecule has 4 rings (SSSR count). The fraction of sp³-hybridized carbons (Fsp3) is 0.524. The number of halogens is 1. The van der Waals surface area contributed by atoms with Gasteiger partial charge in [-0.3, -0.25) is 23.4 Å². The van der Waals surface area contributed by atoms with Crippen LogP contribution in [0.1, 0.15) is 38.8 Å². The molecule has 0 radical (unpaired) electrons. The van der Waals surface area contributed by atoms with Crippen molar-refractivity contribution >= 4 is 19.4 Å². The molecule has 1 saturated heterocycles. The maximum atomic E-state index is 13.6. The van der Waals surface area contributed by atoms with Crippen molar-refractivity contribution in [3.05, 3.63) is 72.8 Å². The third-order valence-electron chi connectivity index (χ3n) is 6.14. The largest absolute Gasteiger partial charge is 0.530 e. The first-order valence-electron chi connectivity index (χ1n) is 11.2. The number of aromatic nitrogens is 2. The Morgan fingerprint density at radius 3 is 2.72 bits per heavy atom. The molecule has 0 spiro atoms. The predicted octanol–water partition coefficient (Wildman–Crippen LogP) is 3.68. The van der Waals surface area contributed by atoms with Crippen LogP contribution >= 0.6 is 19.4 Å². The molecule has 2 fully saturated rings. The van der Waals surface area contributed by atoms with Crippen LogP contribution in [0.25, 0.3) is 10.4 Å². The van der Waals surface area contributed by atoms with E-state index < -0.39 is 49.7 Å². The van der Waals surface area contributed by atoms with E-state index in [9.17, 15) is 19.3 Å². The van der Waals surface area contributed by atoms with E-state index >= 15 is 0 Å². The summed E-state index contributed by atoms with van der Waals surface area (Å²) in [6, 6.07) is 7.46. The summed E-state index contributed by atoms with van der Waals surface area (Å²) in [7, 11) is -4.26. The number of aliphatic hydroxyl groups excluding tert-OH is 1. The van der Waals surface area contributed by atoms with Crippen molar-refractivity contribution in [2.75, 3.05) is 6.61 Å². The molecule has 36 heavy (non-hydrogen) atoms. The third-order valence-corrected chi connectivity index (χ3v) is 7.90. The Morgan fingerprint density at radius 2 is 2.06 bits per heavy atom. The minimum absolute atomic E-state index is 0.0879. The van der Waals surface area contributed by atoms with Gasteiger partial charge >= 0.3 is 13.5 Å². The smallest absolute Gasteiger partial charge is 0.402 e. The van der Waals surface area contributed by atoms with Crippen molar-refractivity contribution < 1.29 is 28.0 Å². The minimum Gasteiger partial charge on any atom is -0.402 e. The zero-order valence-electron chi connectivity index (χ0n) is 19.2. The molecule has 0 bridgehead atoms. The number of phosphoric ester groups is 1. The van der Waals surface area contributed by atoms with Crippen LogP contribution < -0.4 is 15.8 Å². The monoisotopic (exact) mass is 541 g/mol. The molecule has 13 nitrogen and oxygen atoms in total. The number of hydrogen-bond donors (Lipinski definition) is 2. The van der Waals surface area contributed by atoms with Gasteiger partial charge in [0.2, 0.25) is 0 Å². The Hall–Kier alpha value is -2.63. The molecule has 1 aromatic heterocycles. The third kappa shape index (κ3) is 5.52. The first-order chi connectivity index (χ1) is 17.1. The summed E-state index contributed by atoms with van der Waals surface area (Å²) in [6.45, 7) is 0.884. The van der Waals surface area contributed by atoms with Crippen molar-refractivity contribution in [1.82, 2.24) is 9.55 Å². The molecule has 2 N–H and O–H groups in total. The number of ether oxygens (including phenoxy) is 1. The second kappa shape index (κ2) is 10.8. The van der Waals surface area contributed by atoms with E-state index in [2.05, 4.69) is 15.0 Å². The lowest BCUT2D eigenvalue weighted by Crippen LogP contribution is -2.45. The summed E-state index contributed by atoms with van der Waals surface area (Å²) in [5.41, 5.74) is 5.95. The Morgan fingerprint density at radius 1 is 1.33 bits per heavy atom. The number of para-hydroxylation sites is 1. The van der Waals surface area contributed by atoms with Crippen LogP contribution in [0.4, 0.5) is 0 Å². The number of phosphoric acid groups is 1. The number of hydrogen-bond acceptors (Lipinski definition) is 9. The quantitative estimate of drug-likeness (QED) is 0.209. The van der Waals surface area contributed by atoms with Crippen LogP contribution in [-0.2, 0) is 18.3 Å². The van der Waals surface area contributed by atoms with Crippen LogP contribution in [0, 0.1) is 0 Å². The molecule has 2 aliphatic rings. The average molecular weight is 542 g/mol. The van der Waals surface area contributed by atoms with E-state index in [4.69, 9.17) is 35.4 Å². The lowest BCUT2D eigenvalue weighted by atomic mass is 9.93. The number of azide groups is 1. The van der Waals surface area contributed by atoms with Gasteiger partial charge < -0.3 is 14.4 Å². The number of nitrogens with zero attached hydrogens (tertiary/aromatic N) is 4. The van der Waals surface area contributed by atoms with Crippen LogP contribution in [0.2, 0.25) is 5.02 Å². The molecule has 15 heteroatoms. The van der Waals surface area contributed by atoms with Crippen molar-refractivity contribution in [2.24, 2.45) is 5.11 Å². The number of nitrogens with one attached hydrogen (secondary N) is 1. The molecule has 1 aliphatic heterocycles. The molecule has 1 saturated carbocycles. The van der Waals surface area contributed by atoms with E-state index in [1.165, 1.54) is 13.0 Å². The predicted molar refractivity (Wildman–Crippen MR) is 128 cm³/mol. The number of benzene rings is 1. The normalized spacial score (nSPS) is 27.9. The number of aromatic amines is 1. The molecule has 0 amide bonds. The number of rotatable bonds is 9. The van der Waals surface area contributed by atoms with Crippen LogP contribution in [-0.4, -0.2) is 45.1 Å². The lowest BCUT2D eigenvalue weighted by Gasteiger charge is -2.28. The zero-order valence-corrected chi connectivity index (χ0v) is 20.9. The molecule has 1 aromatic carbocycles. The van der Waals surface area contributed by atoms with E-state index in [-0.39, 0.29) is 16.9 Å². The molecule has 1 aliphatic carbocycles. The summed E-state index contributed by atoms with van der Waals surface area (Å²) in [4.78, 5) is 28.7. The van der Waals surface area contributed by atoms with Crippen molar-refractivity contribution in [1.29, 1.82) is 0 Å². The van der Waals surface area contributed by atoms with Crippen LogP contribution in [0.15, 0.2) is 51.2 Å². The minimum atomic E-state index is -4.26. The highest BCUT2D eigenvalue weighted by Gasteiger charge is 2.55. The average Bonchev–Trinajstić information content (AvgIpc) is 3.41. The van der Waals surface area contributed by atoms with Gasteiger partial charge in [-0.25, -0.2) is 9.36 Å². The van der Waals surface area contributed by atoms with Gasteiger partial charge in [0.15, 0.2) is 6.23 Å². The molecular formula is C21H25ClN5O8P. The van der Waals surface area contributed by atoms with Gasteiger partial charge in [-0.2, -0.15) is 0 Å². The van der Waals surface area contributed by atoms with Gasteiger partial charge in [-0.1, -0.05) is 41.7 Å². The molecule has 2 heterocycles. The van der Waals surface area contributed by atoms with Crippen LogP contribution in [0.5, 0.6) is 5.75 Å². The lowest BCUT2D eigenvalue weighted by molar-refractivity contribution is -0.0499. The van der Waals surface area contributed by atoms with Gasteiger partial charge in [0, 0.05) is 17.2 Å². The Kier molecular flexibility index (Phi) is 7.91. The molecule has 1 unspecified atom stereocenters. The van der Waals surface area contributed by atoms with Gasteiger partial charge in [0.05, 0.1) is 23.8 Å². The van der Waals surface area contributed by atoms with Gasteiger partial charge in [-0.15, -0.1) is 0 Å². The summed E-state index contributed by atoms with van der Waals surface area (Å²) < 4.78 is 37.4. The Balaban J connectivity index is 1.58. The van der Waals surface area contributed by atoms with E-state index in [1.807, 2.05) is 0 Å². The van der Waals surface area contributed by atoms with Gasteiger partial charge in [0.1, 0.15) is 17.4 Å². The maximum Gasteiger partial charge on any atom is 0.530 e. The SMILES string of the molecule is C[C@@]1(N=[N+]=[N-])[C@H](O)[C@@H](COP(=O)(Oc2ccccc2Cl)OC2CCCC2)O[C@H]1n1ccc(=O)[nH]c1=O. The summed E-state index contributed by atoms with van der Waals surface area (Å²) >= 11 is 6.16. The van der Waals surface area contributed by atoms with Crippen molar-refractivity contribution in [3.8, 4) is 5.75 Å². The summed E-state index contributed by atoms with van der Waals surface area (Å²) in [5.74, 6) is 0.0879. The van der Waals surface area contributed by atoms with E-state index in [0.29, 0.717) is 12.8 Å². The molecular weight excluding hydrogens is 517 g/mol. The Bertz CT molecular complexity index is 1310. The van der Waals surface area contributed by atoms with E-state index in [0.717, 1.165) is 29.7 Å². The zero-order chi connectivity index (χ0) is 25.9. The topological polar surface area (TPSA) is 178 Å². The van der Waals surface area contributed by atoms with Crippen LogP contribution in [0.3, 0.4) is 0 Å². The summed E-state index contributed by atoms with van der Waals surface area (Å²) in [5, 5.41) is 14.8. The second-order valence-electron chi connectivity index (χ2n) is 8.68. The summed E-state index contributed by atoms with van der Waals surface area (Å²) in [6.07, 6.45) is -0.0432. The van der Waals surface area contributed by atoms with Crippen molar-refractivity contribution in [2.45, 2.75) is 62.7 Å². The fourth-order valence-electron chi connectivity index (χ4n) is 4.25. The molecule has 2 aromatic rings. The highest BCUT2D eigenvalue weighted by atomic mass is 35.5. The molecule has 5 atom stereocenters. The fourth-order valence-corrected chi connectivity index (χ4v) is 5.94. The van der Waals surface area contributed by atoms with Gasteiger partial charge in [0.25, 0.3) is 5.56 Å². The number of H-pyrrole nitrogens is 1.